The highest BCUT2D eigenvalue weighted by molar-refractivity contribution is 5.85. The van der Waals surface area contributed by atoms with Gasteiger partial charge in [0.05, 0.1) is 12.1 Å². The van der Waals surface area contributed by atoms with Crippen LogP contribution in [-0.4, -0.2) is 18.2 Å². The van der Waals surface area contributed by atoms with E-state index in [1.807, 2.05) is 30.6 Å². The quantitative estimate of drug-likeness (QED) is 0.626. The van der Waals surface area contributed by atoms with E-state index in [-0.39, 0.29) is 12.1 Å². The highest BCUT2D eigenvalue weighted by Gasteiger charge is 2.22. The number of ether oxygens (including phenoxy) is 1. The van der Waals surface area contributed by atoms with E-state index in [0.29, 0.717) is 0 Å². The summed E-state index contributed by atoms with van der Waals surface area (Å²) in [6.45, 7) is 2.08. The van der Waals surface area contributed by atoms with Gasteiger partial charge < -0.3 is 4.74 Å². The van der Waals surface area contributed by atoms with Crippen molar-refractivity contribution >= 4 is 10.8 Å². The number of hydrazine groups is 1. The minimum absolute atomic E-state index is 0.0302. The van der Waals surface area contributed by atoms with Gasteiger partial charge in [-0.25, -0.2) is 0 Å². The van der Waals surface area contributed by atoms with Crippen molar-refractivity contribution in [2.24, 2.45) is 5.84 Å². The summed E-state index contributed by atoms with van der Waals surface area (Å²) in [7, 11) is 1.71. The maximum atomic E-state index is 5.69. The molecule has 0 amide bonds. The molecule has 0 saturated heterocycles. The summed E-state index contributed by atoms with van der Waals surface area (Å²) in [5.74, 6) is 5.69. The van der Waals surface area contributed by atoms with Crippen molar-refractivity contribution in [3.63, 3.8) is 0 Å². The highest BCUT2D eigenvalue weighted by Crippen LogP contribution is 2.27. The molecule has 2 unspecified atom stereocenters. The lowest BCUT2D eigenvalue weighted by molar-refractivity contribution is 0.0654. The van der Waals surface area contributed by atoms with Crippen molar-refractivity contribution in [3.05, 3.63) is 42.2 Å². The first-order valence-electron chi connectivity index (χ1n) is 6.13. The van der Waals surface area contributed by atoms with Gasteiger partial charge in [0.1, 0.15) is 0 Å². The van der Waals surface area contributed by atoms with Gasteiger partial charge in [-0.2, -0.15) is 0 Å². The second-order valence-corrected chi connectivity index (χ2v) is 4.28. The molecule has 4 heteroatoms. The van der Waals surface area contributed by atoms with E-state index in [2.05, 4.69) is 23.4 Å². The molecular formula is C14H19N3O. The van der Waals surface area contributed by atoms with Crippen LogP contribution in [-0.2, 0) is 4.74 Å². The Labute approximate surface area is 107 Å². The van der Waals surface area contributed by atoms with Crippen LogP contribution in [0.3, 0.4) is 0 Å². The van der Waals surface area contributed by atoms with Crippen LogP contribution in [0.25, 0.3) is 10.8 Å². The van der Waals surface area contributed by atoms with Gasteiger partial charge in [0.2, 0.25) is 0 Å². The third-order valence-electron chi connectivity index (χ3n) is 3.29. The van der Waals surface area contributed by atoms with Crippen molar-refractivity contribution in [1.82, 2.24) is 10.4 Å². The molecule has 0 saturated carbocycles. The zero-order valence-electron chi connectivity index (χ0n) is 10.8. The molecule has 18 heavy (non-hydrogen) atoms. The Balaban J connectivity index is 2.51. The van der Waals surface area contributed by atoms with Gasteiger partial charge in [-0.05, 0) is 17.4 Å². The Morgan fingerprint density at radius 1 is 1.33 bits per heavy atom. The number of fused-ring (bicyclic) bond motifs is 1. The molecule has 0 fully saturated rings. The largest absolute Gasteiger partial charge is 0.379 e. The summed E-state index contributed by atoms with van der Waals surface area (Å²) in [6.07, 6.45) is 4.63. The van der Waals surface area contributed by atoms with Gasteiger partial charge >= 0.3 is 0 Å². The molecule has 2 aromatic rings. The van der Waals surface area contributed by atoms with Gasteiger partial charge in [-0.3, -0.25) is 16.3 Å². The SMILES string of the molecule is CCC(OC)C(NN)c1cncc2ccccc12. The molecule has 0 radical (unpaired) electrons. The van der Waals surface area contributed by atoms with Crippen LogP contribution in [0.2, 0.25) is 0 Å². The summed E-state index contributed by atoms with van der Waals surface area (Å²) in [6, 6.07) is 8.10. The van der Waals surface area contributed by atoms with Gasteiger partial charge in [0.25, 0.3) is 0 Å². The molecule has 0 spiro atoms. The number of hydrogen-bond acceptors (Lipinski definition) is 4. The van der Waals surface area contributed by atoms with E-state index < -0.39 is 0 Å². The van der Waals surface area contributed by atoms with Gasteiger partial charge in [-0.1, -0.05) is 31.2 Å². The number of nitrogens with one attached hydrogen (secondary N) is 1. The molecule has 1 heterocycles. The van der Waals surface area contributed by atoms with Crippen LogP contribution in [0.5, 0.6) is 0 Å². The first-order valence-corrected chi connectivity index (χ1v) is 6.13. The van der Waals surface area contributed by atoms with Crippen molar-refractivity contribution in [3.8, 4) is 0 Å². The van der Waals surface area contributed by atoms with Gasteiger partial charge in [0, 0.05) is 24.9 Å². The molecule has 3 N–H and O–H groups in total. The van der Waals surface area contributed by atoms with Crippen LogP contribution in [0, 0.1) is 0 Å². The zero-order valence-corrected chi connectivity index (χ0v) is 10.8. The monoisotopic (exact) mass is 245 g/mol. The van der Waals surface area contributed by atoms with E-state index >= 15 is 0 Å². The summed E-state index contributed by atoms with van der Waals surface area (Å²) in [5.41, 5.74) is 3.92. The normalized spacial score (nSPS) is 14.6. The fourth-order valence-electron chi connectivity index (χ4n) is 2.32. The Hall–Kier alpha value is -1.49. The van der Waals surface area contributed by atoms with Crippen LogP contribution < -0.4 is 11.3 Å². The summed E-state index contributed by atoms with van der Waals surface area (Å²) >= 11 is 0. The van der Waals surface area contributed by atoms with Crippen molar-refractivity contribution in [2.45, 2.75) is 25.5 Å². The number of benzene rings is 1. The minimum Gasteiger partial charge on any atom is -0.379 e. The van der Waals surface area contributed by atoms with E-state index in [4.69, 9.17) is 10.6 Å². The van der Waals surface area contributed by atoms with E-state index in [1.54, 1.807) is 7.11 Å². The number of nitrogens with zero attached hydrogens (tertiary/aromatic N) is 1. The third-order valence-corrected chi connectivity index (χ3v) is 3.29. The Kier molecular flexibility index (Phi) is 4.25. The smallest absolute Gasteiger partial charge is 0.0777 e. The molecule has 0 aliphatic rings. The van der Waals surface area contributed by atoms with E-state index in [9.17, 15) is 0 Å². The molecule has 0 bridgehead atoms. The maximum absolute atomic E-state index is 5.69. The molecule has 4 nitrogen and oxygen atoms in total. The average Bonchev–Trinajstić information content (AvgIpc) is 2.44. The van der Waals surface area contributed by atoms with E-state index in [1.165, 1.54) is 0 Å². The molecular weight excluding hydrogens is 226 g/mol. The number of hydrogen-bond donors (Lipinski definition) is 2. The van der Waals surface area contributed by atoms with Crippen LogP contribution in [0.15, 0.2) is 36.7 Å². The minimum atomic E-state index is -0.0569. The molecule has 96 valence electrons. The van der Waals surface area contributed by atoms with Crippen LogP contribution in [0.4, 0.5) is 0 Å². The lowest BCUT2D eigenvalue weighted by Gasteiger charge is -2.25. The van der Waals surface area contributed by atoms with Crippen molar-refractivity contribution in [1.29, 1.82) is 0 Å². The molecule has 0 aliphatic heterocycles. The zero-order chi connectivity index (χ0) is 13.0. The Morgan fingerprint density at radius 3 is 2.78 bits per heavy atom. The highest BCUT2D eigenvalue weighted by atomic mass is 16.5. The standard InChI is InChI=1S/C14H19N3O/c1-3-13(18-2)14(17-15)12-9-16-8-10-6-4-5-7-11(10)12/h4-9,13-14,17H,3,15H2,1-2H3. The lowest BCUT2D eigenvalue weighted by Crippen LogP contribution is -2.37. The number of nitrogens with two attached hydrogens (primary N) is 1. The topological polar surface area (TPSA) is 60.2 Å². The van der Waals surface area contributed by atoms with Crippen molar-refractivity contribution in [2.75, 3.05) is 7.11 Å². The van der Waals surface area contributed by atoms with Gasteiger partial charge in [-0.15, -0.1) is 0 Å². The first kappa shape index (κ1) is 13.0. The third kappa shape index (κ3) is 2.36. The Bertz CT molecular complexity index is 506. The second kappa shape index (κ2) is 5.91. The maximum Gasteiger partial charge on any atom is 0.0777 e. The van der Waals surface area contributed by atoms with Gasteiger partial charge in [0.15, 0.2) is 0 Å². The average molecular weight is 245 g/mol. The lowest BCUT2D eigenvalue weighted by atomic mass is 9.97. The predicted octanol–water partition coefficient (Wildman–Crippen LogP) is 2.16. The molecule has 1 aromatic heterocycles. The summed E-state index contributed by atoms with van der Waals surface area (Å²) in [5, 5.41) is 2.27. The molecule has 2 atom stereocenters. The number of pyridine rings is 1. The van der Waals surface area contributed by atoms with E-state index in [0.717, 1.165) is 22.8 Å². The molecule has 2 rings (SSSR count). The van der Waals surface area contributed by atoms with Crippen LogP contribution >= 0.6 is 0 Å². The number of rotatable bonds is 5. The number of methoxy groups -OCH3 is 1. The van der Waals surface area contributed by atoms with Crippen molar-refractivity contribution < 1.29 is 4.74 Å². The molecule has 1 aromatic carbocycles. The summed E-state index contributed by atoms with van der Waals surface area (Å²) < 4.78 is 5.49. The fourth-order valence-corrected chi connectivity index (χ4v) is 2.32. The Morgan fingerprint density at radius 2 is 2.11 bits per heavy atom. The number of aromatic nitrogens is 1. The van der Waals surface area contributed by atoms with Crippen LogP contribution in [0.1, 0.15) is 24.9 Å². The predicted molar refractivity (Wildman–Crippen MR) is 72.9 cm³/mol. The fraction of sp³-hybridized carbons (Fsp3) is 0.357. The first-order chi connectivity index (χ1) is 8.81. The summed E-state index contributed by atoms with van der Waals surface area (Å²) in [4.78, 5) is 4.28. The second-order valence-electron chi connectivity index (χ2n) is 4.28. The molecule has 0 aliphatic carbocycles.